The molecule has 1 aliphatic heterocycles. The van der Waals surface area contributed by atoms with Crippen molar-refractivity contribution in [2.45, 2.75) is 0 Å². The average molecular weight is 305 g/mol. The lowest BCUT2D eigenvalue weighted by Crippen LogP contribution is -1.86. The fourth-order valence-electron chi connectivity index (χ4n) is 1.87. The topological polar surface area (TPSA) is 87.3 Å². The van der Waals surface area contributed by atoms with Crippen molar-refractivity contribution >= 4 is 45.4 Å². The highest BCUT2D eigenvalue weighted by molar-refractivity contribution is 9.10. The lowest BCUT2D eigenvalue weighted by Gasteiger charge is -2.02. The van der Waals surface area contributed by atoms with Crippen molar-refractivity contribution in [3.8, 4) is 5.88 Å². The summed E-state index contributed by atoms with van der Waals surface area (Å²) in [7, 11) is 0. The number of hydrogen-bond acceptors (Lipinski definition) is 4. The molecule has 0 bridgehead atoms. The lowest BCUT2D eigenvalue weighted by molar-refractivity contribution is 0.456. The number of aromatic amines is 1. The van der Waals surface area contributed by atoms with Crippen LogP contribution >= 0.6 is 15.9 Å². The Morgan fingerprint density at radius 2 is 2.22 bits per heavy atom. The summed E-state index contributed by atoms with van der Waals surface area (Å²) < 4.78 is 0.954. The van der Waals surface area contributed by atoms with E-state index >= 15 is 0 Å². The summed E-state index contributed by atoms with van der Waals surface area (Å²) in [6, 6.07) is 5.80. The number of nitrogen functional groups attached to an aromatic ring is 1. The summed E-state index contributed by atoms with van der Waals surface area (Å²) in [6.07, 6.45) is 3.50. The molecule has 0 radical (unpaired) electrons. The third-order valence-corrected chi connectivity index (χ3v) is 3.31. The molecule has 90 valence electrons. The molecule has 0 spiro atoms. The van der Waals surface area contributed by atoms with E-state index in [4.69, 9.17) is 5.73 Å². The maximum atomic E-state index is 9.59. The first kappa shape index (κ1) is 11.0. The van der Waals surface area contributed by atoms with E-state index in [9.17, 15) is 5.11 Å². The summed E-state index contributed by atoms with van der Waals surface area (Å²) >= 11 is 3.49. The normalized spacial score (nSPS) is 15.3. The van der Waals surface area contributed by atoms with E-state index in [-0.39, 0.29) is 11.8 Å². The minimum atomic E-state index is -0.117. The van der Waals surface area contributed by atoms with Crippen LogP contribution in [0.5, 0.6) is 5.88 Å². The number of H-pyrrole nitrogens is 1. The molecule has 0 amide bonds. The lowest BCUT2D eigenvalue weighted by atomic mass is 10.1. The van der Waals surface area contributed by atoms with Gasteiger partial charge in [0, 0.05) is 21.8 Å². The summed E-state index contributed by atoms with van der Waals surface area (Å²) in [5, 5.41) is 9.59. The van der Waals surface area contributed by atoms with Crippen LogP contribution in [0.1, 0.15) is 11.3 Å². The van der Waals surface area contributed by atoms with Gasteiger partial charge >= 0.3 is 0 Å². The van der Waals surface area contributed by atoms with Crippen LogP contribution in [0.25, 0.3) is 11.6 Å². The van der Waals surface area contributed by atoms with Gasteiger partial charge in [0.2, 0.25) is 11.8 Å². The van der Waals surface area contributed by atoms with Gasteiger partial charge in [-0.15, -0.1) is 0 Å². The molecule has 0 fully saturated rings. The number of nitrogens with one attached hydrogen (secondary N) is 1. The number of nitrogens with zero attached hydrogens (tertiary/aromatic N) is 2. The Morgan fingerprint density at radius 1 is 1.39 bits per heavy atom. The predicted molar refractivity (Wildman–Crippen MR) is 74.8 cm³/mol. The van der Waals surface area contributed by atoms with E-state index in [1.807, 2.05) is 18.2 Å². The van der Waals surface area contributed by atoms with Crippen LogP contribution in [0.15, 0.2) is 27.7 Å². The van der Waals surface area contributed by atoms with Gasteiger partial charge in [0.15, 0.2) is 0 Å². The third-order valence-electron chi connectivity index (χ3n) is 2.65. The SMILES string of the molecule is Nc1nc(O)c(C=C2C=Nc3cccc(Br)c32)[nH]1. The molecule has 0 atom stereocenters. The molecular formula is C12H9BrN4O. The van der Waals surface area contributed by atoms with Gasteiger partial charge in [-0.25, -0.2) is 0 Å². The number of hydrogen-bond donors (Lipinski definition) is 3. The molecule has 6 heteroatoms. The summed E-state index contributed by atoms with van der Waals surface area (Å²) in [4.78, 5) is 10.8. The number of anilines is 1. The molecule has 18 heavy (non-hydrogen) atoms. The van der Waals surface area contributed by atoms with Crippen molar-refractivity contribution in [2.24, 2.45) is 4.99 Å². The largest absolute Gasteiger partial charge is 0.492 e. The number of aromatic nitrogens is 2. The zero-order chi connectivity index (χ0) is 12.7. The smallest absolute Gasteiger partial charge is 0.238 e. The maximum absolute atomic E-state index is 9.59. The molecule has 1 aromatic heterocycles. The predicted octanol–water partition coefficient (Wildman–Crippen LogP) is 2.72. The Balaban J connectivity index is 2.12. The number of aromatic hydroxyl groups is 1. The monoisotopic (exact) mass is 304 g/mol. The average Bonchev–Trinajstić information content (AvgIpc) is 2.85. The van der Waals surface area contributed by atoms with Crippen molar-refractivity contribution in [3.63, 3.8) is 0 Å². The zero-order valence-corrected chi connectivity index (χ0v) is 10.8. The van der Waals surface area contributed by atoms with Crippen LogP contribution in [0.3, 0.4) is 0 Å². The molecule has 3 rings (SSSR count). The fraction of sp³-hybridized carbons (Fsp3) is 0. The van der Waals surface area contributed by atoms with E-state index in [2.05, 4.69) is 30.9 Å². The minimum Gasteiger partial charge on any atom is -0.492 e. The maximum Gasteiger partial charge on any atom is 0.238 e. The van der Waals surface area contributed by atoms with E-state index in [0.29, 0.717) is 5.69 Å². The van der Waals surface area contributed by atoms with Crippen molar-refractivity contribution < 1.29 is 5.11 Å². The van der Waals surface area contributed by atoms with Crippen LogP contribution in [0, 0.1) is 0 Å². The van der Waals surface area contributed by atoms with Gasteiger partial charge in [-0.05, 0) is 18.2 Å². The molecule has 1 aromatic carbocycles. The summed E-state index contributed by atoms with van der Waals surface area (Å²) in [5.41, 5.74) is 8.72. The molecule has 4 N–H and O–H groups in total. The summed E-state index contributed by atoms with van der Waals surface area (Å²) in [5.74, 6) is 0.0653. The quantitative estimate of drug-likeness (QED) is 0.757. The third kappa shape index (κ3) is 1.70. The number of fused-ring (bicyclic) bond motifs is 1. The number of halogens is 1. The number of benzene rings is 1. The molecule has 0 aliphatic carbocycles. The minimum absolute atomic E-state index is 0.117. The second-order valence-electron chi connectivity index (χ2n) is 3.85. The number of allylic oxidation sites excluding steroid dienone is 1. The van der Waals surface area contributed by atoms with Gasteiger partial charge in [0.05, 0.1) is 5.69 Å². The molecule has 2 aromatic rings. The van der Waals surface area contributed by atoms with Crippen LogP contribution in [-0.4, -0.2) is 21.3 Å². The van der Waals surface area contributed by atoms with Crippen LogP contribution < -0.4 is 5.73 Å². The van der Waals surface area contributed by atoms with E-state index < -0.39 is 0 Å². The first-order valence-corrected chi connectivity index (χ1v) is 6.03. The van der Waals surface area contributed by atoms with Crippen molar-refractivity contribution in [2.75, 3.05) is 5.73 Å². The van der Waals surface area contributed by atoms with Crippen LogP contribution in [0.4, 0.5) is 11.6 Å². The van der Waals surface area contributed by atoms with E-state index in [1.165, 1.54) is 0 Å². The molecule has 5 nitrogen and oxygen atoms in total. The number of aliphatic imine (C=N–C) groups is 1. The number of rotatable bonds is 1. The standard InChI is InChI=1S/C12H9BrN4O/c13-7-2-1-3-8-10(7)6(5-15-8)4-9-11(18)17-12(14)16-9/h1-5,18H,(H3,14,16,17). The van der Waals surface area contributed by atoms with Crippen molar-refractivity contribution in [1.29, 1.82) is 0 Å². The Morgan fingerprint density at radius 3 is 2.94 bits per heavy atom. The Hall–Kier alpha value is -2.08. The highest BCUT2D eigenvalue weighted by Gasteiger charge is 2.16. The Labute approximate surface area is 111 Å². The summed E-state index contributed by atoms with van der Waals surface area (Å²) in [6.45, 7) is 0. The first-order valence-electron chi connectivity index (χ1n) is 5.24. The second-order valence-corrected chi connectivity index (χ2v) is 4.71. The van der Waals surface area contributed by atoms with Crippen LogP contribution in [0.2, 0.25) is 0 Å². The molecule has 0 unspecified atom stereocenters. The molecule has 2 heterocycles. The highest BCUT2D eigenvalue weighted by Crippen LogP contribution is 2.38. The van der Waals surface area contributed by atoms with Crippen molar-refractivity contribution in [1.82, 2.24) is 9.97 Å². The van der Waals surface area contributed by atoms with Gasteiger partial charge < -0.3 is 15.8 Å². The Kier molecular flexibility index (Phi) is 2.45. The second kappa shape index (κ2) is 3.99. The van der Waals surface area contributed by atoms with E-state index in [0.717, 1.165) is 21.3 Å². The highest BCUT2D eigenvalue weighted by atomic mass is 79.9. The molecular weight excluding hydrogens is 296 g/mol. The Bertz CT molecular complexity index is 687. The first-order chi connectivity index (χ1) is 8.65. The van der Waals surface area contributed by atoms with Gasteiger partial charge in [-0.2, -0.15) is 4.98 Å². The number of nitrogens with two attached hydrogens (primary N) is 1. The van der Waals surface area contributed by atoms with Crippen LogP contribution in [-0.2, 0) is 0 Å². The fourth-order valence-corrected chi connectivity index (χ4v) is 2.46. The van der Waals surface area contributed by atoms with Gasteiger partial charge in [0.25, 0.3) is 0 Å². The van der Waals surface area contributed by atoms with Gasteiger partial charge in [0.1, 0.15) is 5.69 Å². The van der Waals surface area contributed by atoms with Gasteiger partial charge in [-0.3, -0.25) is 4.99 Å². The molecule has 0 saturated heterocycles. The molecule has 0 saturated carbocycles. The zero-order valence-electron chi connectivity index (χ0n) is 9.18. The number of imidazole rings is 1. The molecule has 1 aliphatic rings. The van der Waals surface area contributed by atoms with E-state index in [1.54, 1.807) is 12.3 Å². The van der Waals surface area contributed by atoms with Gasteiger partial charge in [-0.1, -0.05) is 22.0 Å². The van der Waals surface area contributed by atoms with Crippen molar-refractivity contribution in [3.05, 3.63) is 33.9 Å².